The van der Waals surface area contributed by atoms with E-state index in [1.807, 2.05) is 0 Å². The van der Waals surface area contributed by atoms with Gasteiger partial charge in [0.1, 0.15) is 30.0 Å². The lowest BCUT2D eigenvalue weighted by Gasteiger charge is -2.68. The number of amides is 1. The van der Waals surface area contributed by atoms with Crippen molar-refractivity contribution in [1.82, 2.24) is 5.32 Å². The molecule has 3 aromatic rings. The average molecular weight is 982 g/mol. The van der Waals surface area contributed by atoms with Crippen LogP contribution >= 0.6 is 0 Å². The molecule has 4 bridgehead atoms. The first kappa shape index (κ1) is 50.6. The molecule has 4 fully saturated rings. The van der Waals surface area contributed by atoms with Crippen molar-refractivity contribution in [2.45, 2.75) is 120 Å². The predicted octanol–water partition coefficient (Wildman–Crippen LogP) is 2.96. The second-order valence-corrected chi connectivity index (χ2v) is 19.3. The standard InChI is InChI=1S/C52H55NO18/c1-27-32(68-48(63)38(58)37(29-16-9-6-10-17-29)53-46(61)30-18-11-7-12-19-30)24-52(64)45(70-47(62)31-20-13-8-14-21-31)41-50(5,42(59)39(67-28(2)54)36(27)49(52,3)4)43(60)40-44-51(41,26-66-44)71-34(56)23-15-22-33(55)65-25-35(57)69-40/h6-14,16-21,32,37-41,43-45,58,60,64H,15,22-26H2,1-5H3,(H,53,61)/t32-,37-,38+,39+,40-,41?,43+,44+,45?,50+,51+,52+/m0/s1. The summed E-state index contributed by atoms with van der Waals surface area (Å²) in [6, 6.07) is 22.3. The van der Waals surface area contributed by atoms with Gasteiger partial charge in [-0.1, -0.05) is 80.6 Å². The molecule has 19 heteroatoms. The Labute approximate surface area is 407 Å². The minimum absolute atomic E-state index is 0.0289. The number of carbonyl (C=O) groups excluding carboxylic acids is 8. The van der Waals surface area contributed by atoms with Crippen molar-refractivity contribution in [1.29, 1.82) is 0 Å². The normalized spacial score (nSPS) is 32.2. The quantitative estimate of drug-likeness (QED) is 0.136. The Morgan fingerprint density at radius 2 is 1.41 bits per heavy atom. The summed E-state index contributed by atoms with van der Waals surface area (Å²) in [5.74, 6) is -9.90. The number of aliphatic hydroxyl groups is 3. The smallest absolute Gasteiger partial charge is 0.344 e. The van der Waals surface area contributed by atoms with E-state index in [-0.39, 0.29) is 35.1 Å². The number of aliphatic hydroxyl groups excluding tert-OH is 2. The van der Waals surface area contributed by atoms with Gasteiger partial charge < -0.3 is 53.8 Å². The van der Waals surface area contributed by atoms with E-state index < -0.39 is 150 Å². The minimum Gasteiger partial charge on any atom is -0.456 e. The molecule has 1 amide bonds. The van der Waals surface area contributed by atoms with E-state index >= 15 is 4.79 Å². The summed E-state index contributed by atoms with van der Waals surface area (Å²) in [5.41, 5.74) is -8.67. The van der Waals surface area contributed by atoms with Gasteiger partial charge >= 0.3 is 35.8 Å². The van der Waals surface area contributed by atoms with E-state index in [0.717, 1.165) is 6.92 Å². The Bertz CT molecular complexity index is 2640. The van der Waals surface area contributed by atoms with Crippen LogP contribution in [0.3, 0.4) is 0 Å². The number of ether oxygens (including phenoxy) is 7. The van der Waals surface area contributed by atoms with Crippen LogP contribution in [0.1, 0.15) is 92.6 Å². The number of benzene rings is 3. The minimum atomic E-state index is -2.58. The van der Waals surface area contributed by atoms with Crippen LogP contribution in [0, 0.1) is 16.7 Å². The zero-order chi connectivity index (χ0) is 51.2. The molecule has 2 saturated carbocycles. The first-order valence-electron chi connectivity index (χ1n) is 23.2. The molecule has 71 heavy (non-hydrogen) atoms. The molecule has 2 heterocycles. The maximum atomic E-state index is 16.0. The van der Waals surface area contributed by atoms with Crippen molar-refractivity contribution in [3.8, 4) is 0 Å². The molecule has 0 radical (unpaired) electrons. The number of esters is 6. The van der Waals surface area contributed by atoms with Crippen LogP contribution in [0.4, 0.5) is 0 Å². The largest absolute Gasteiger partial charge is 0.456 e. The van der Waals surface area contributed by atoms with Crippen molar-refractivity contribution in [3.05, 3.63) is 119 Å². The van der Waals surface area contributed by atoms with Crippen molar-refractivity contribution >= 4 is 47.5 Å². The van der Waals surface area contributed by atoms with Gasteiger partial charge in [-0.2, -0.15) is 0 Å². The monoisotopic (exact) mass is 981 g/mol. The summed E-state index contributed by atoms with van der Waals surface area (Å²) in [6.45, 7) is 5.17. The Kier molecular flexibility index (Phi) is 13.8. The molecule has 4 N–H and O–H groups in total. The molecule has 2 saturated heterocycles. The van der Waals surface area contributed by atoms with E-state index in [2.05, 4.69) is 5.32 Å². The molecule has 12 atom stereocenters. The number of carbonyl (C=O) groups is 8. The van der Waals surface area contributed by atoms with Crippen LogP contribution in [-0.2, 0) is 61.9 Å². The number of ketones is 1. The highest BCUT2D eigenvalue weighted by Gasteiger charge is 2.81. The van der Waals surface area contributed by atoms with Gasteiger partial charge in [-0.3, -0.25) is 24.0 Å². The topological polar surface area (TPSA) is 274 Å². The fourth-order valence-corrected chi connectivity index (χ4v) is 11.1. The molecule has 376 valence electrons. The highest BCUT2D eigenvalue weighted by molar-refractivity contribution is 5.96. The number of hydrogen-bond acceptors (Lipinski definition) is 18. The van der Waals surface area contributed by atoms with Crippen LogP contribution in [0.5, 0.6) is 0 Å². The van der Waals surface area contributed by atoms with E-state index in [1.165, 1.54) is 52.0 Å². The molecule has 3 aromatic carbocycles. The lowest BCUT2D eigenvalue weighted by molar-refractivity contribution is -0.370. The molecule has 8 rings (SSSR count). The molecule has 0 spiro atoms. The van der Waals surface area contributed by atoms with Gasteiger partial charge in [0, 0.05) is 37.2 Å². The van der Waals surface area contributed by atoms with Crippen molar-refractivity contribution < 1.29 is 86.8 Å². The zero-order valence-corrected chi connectivity index (χ0v) is 39.6. The molecule has 2 unspecified atom stereocenters. The van der Waals surface area contributed by atoms with Gasteiger partial charge in [0.2, 0.25) is 0 Å². The second-order valence-electron chi connectivity index (χ2n) is 19.3. The fraction of sp³-hybridized carbons (Fsp3) is 0.462. The summed E-state index contributed by atoms with van der Waals surface area (Å²) in [5, 5.41) is 41.3. The number of cyclic esters (lactones) is 1. The third-order valence-corrected chi connectivity index (χ3v) is 14.8. The summed E-state index contributed by atoms with van der Waals surface area (Å²) < 4.78 is 41.6. The average Bonchev–Trinajstić information content (AvgIpc) is 3.34. The van der Waals surface area contributed by atoms with Gasteiger partial charge in [0.25, 0.3) is 5.91 Å². The molecule has 2 aliphatic heterocycles. The Morgan fingerprint density at radius 1 is 0.803 bits per heavy atom. The van der Waals surface area contributed by atoms with Crippen LogP contribution in [0.2, 0.25) is 0 Å². The zero-order valence-electron chi connectivity index (χ0n) is 39.6. The third-order valence-electron chi connectivity index (χ3n) is 14.8. The van der Waals surface area contributed by atoms with Crippen LogP contribution in [0.25, 0.3) is 0 Å². The Hall–Kier alpha value is -6.80. The second kappa shape index (κ2) is 19.4. The van der Waals surface area contributed by atoms with Gasteiger partial charge in [-0.05, 0) is 61.2 Å². The molecular weight excluding hydrogens is 927 g/mol. The summed E-state index contributed by atoms with van der Waals surface area (Å²) in [7, 11) is 0. The van der Waals surface area contributed by atoms with Crippen LogP contribution in [0.15, 0.2) is 102 Å². The summed E-state index contributed by atoms with van der Waals surface area (Å²) in [6.07, 6.45) is -15.0. The third kappa shape index (κ3) is 8.89. The first-order valence-corrected chi connectivity index (χ1v) is 23.2. The molecule has 0 aromatic heterocycles. The fourth-order valence-electron chi connectivity index (χ4n) is 11.1. The Morgan fingerprint density at radius 3 is 2.01 bits per heavy atom. The number of rotatable bonds is 9. The lowest BCUT2D eigenvalue weighted by Crippen LogP contribution is -2.85. The highest BCUT2D eigenvalue weighted by Crippen LogP contribution is 2.65. The van der Waals surface area contributed by atoms with E-state index in [9.17, 15) is 48.9 Å². The molecular formula is C52H55NO18. The van der Waals surface area contributed by atoms with E-state index in [1.54, 1.807) is 66.7 Å². The lowest BCUT2D eigenvalue weighted by atomic mass is 9.44. The van der Waals surface area contributed by atoms with Gasteiger partial charge in [0.15, 0.2) is 36.3 Å². The Balaban J connectivity index is 1.31. The first-order chi connectivity index (χ1) is 33.6. The molecule has 19 nitrogen and oxygen atoms in total. The van der Waals surface area contributed by atoms with Crippen molar-refractivity contribution in [2.24, 2.45) is 16.7 Å². The highest BCUT2D eigenvalue weighted by atomic mass is 16.7. The van der Waals surface area contributed by atoms with Gasteiger partial charge in [-0.15, -0.1) is 0 Å². The number of hydrogen-bond donors (Lipinski definition) is 4. The van der Waals surface area contributed by atoms with Crippen molar-refractivity contribution in [2.75, 3.05) is 13.2 Å². The number of Topliss-reactive ketones (excluding diaryl/α,β-unsaturated/α-hetero) is 1. The predicted molar refractivity (Wildman–Crippen MR) is 242 cm³/mol. The van der Waals surface area contributed by atoms with Gasteiger partial charge in [-0.25, -0.2) is 14.4 Å². The number of fused-ring (bicyclic) bond motifs is 3. The van der Waals surface area contributed by atoms with Crippen LogP contribution in [-0.4, -0.2) is 130 Å². The molecule has 3 aliphatic carbocycles. The van der Waals surface area contributed by atoms with Crippen LogP contribution < -0.4 is 5.32 Å². The maximum Gasteiger partial charge on any atom is 0.344 e. The van der Waals surface area contributed by atoms with Gasteiger partial charge in [0.05, 0.1) is 29.5 Å². The maximum absolute atomic E-state index is 16.0. The number of nitrogens with one attached hydrogen (secondary N) is 1. The summed E-state index contributed by atoms with van der Waals surface area (Å²) in [4.78, 5) is 112. The van der Waals surface area contributed by atoms with E-state index in [4.69, 9.17) is 33.2 Å². The van der Waals surface area contributed by atoms with E-state index in [0.29, 0.717) is 5.56 Å². The van der Waals surface area contributed by atoms with Crippen molar-refractivity contribution in [3.63, 3.8) is 0 Å². The molecule has 5 aliphatic rings. The summed E-state index contributed by atoms with van der Waals surface area (Å²) >= 11 is 0. The SMILES string of the molecule is CC(=O)O[C@H]1C(=O)[C@@]2(C)C(C(OC(=O)c3ccccc3)[C@]3(O)C[C@H](OC(=O)[C@H](O)[C@@H](NC(=O)c4ccccc4)c4ccccc4)C(C)=C1C3(C)C)[C@]13CO[C@@H]1[C@@H](OC(=O)COC(=O)CCCC(=O)O3)[C@H]2O.